The number of hydrogen-bond donors (Lipinski definition) is 2. The van der Waals surface area contributed by atoms with Gasteiger partial charge in [0.15, 0.2) is 0 Å². The number of hydrogen-bond acceptors (Lipinski definition) is 2. The van der Waals surface area contributed by atoms with E-state index in [1.54, 1.807) is 0 Å². The Balaban J connectivity index is 1.59. The molecule has 1 atom stereocenters. The van der Waals surface area contributed by atoms with Crippen molar-refractivity contribution >= 4 is 5.91 Å². The fourth-order valence-corrected chi connectivity index (χ4v) is 2.95. The van der Waals surface area contributed by atoms with Gasteiger partial charge < -0.3 is 10.6 Å². The van der Waals surface area contributed by atoms with E-state index in [1.807, 2.05) is 66.7 Å². The first-order chi connectivity index (χ1) is 12.8. The second-order valence-electron chi connectivity index (χ2n) is 6.31. The van der Waals surface area contributed by atoms with E-state index in [4.69, 9.17) is 0 Å². The van der Waals surface area contributed by atoms with Crippen molar-refractivity contribution in [3.63, 3.8) is 0 Å². The Hall–Kier alpha value is -2.91. The lowest BCUT2D eigenvalue weighted by atomic mass is 9.99. The van der Waals surface area contributed by atoms with Crippen molar-refractivity contribution in [3.05, 3.63) is 108 Å². The van der Waals surface area contributed by atoms with Crippen molar-refractivity contribution in [2.75, 3.05) is 6.54 Å². The van der Waals surface area contributed by atoms with Gasteiger partial charge in [0.2, 0.25) is 5.91 Å². The number of carbonyl (C=O) groups is 1. The predicted molar refractivity (Wildman–Crippen MR) is 106 cm³/mol. The van der Waals surface area contributed by atoms with E-state index in [2.05, 4.69) is 34.9 Å². The van der Waals surface area contributed by atoms with Gasteiger partial charge in [0, 0.05) is 6.54 Å². The third-order valence-corrected chi connectivity index (χ3v) is 4.28. The molecule has 2 N–H and O–H groups in total. The highest BCUT2D eigenvalue weighted by atomic mass is 16.1. The molecule has 0 aromatic heterocycles. The van der Waals surface area contributed by atoms with Crippen LogP contribution in [0.15, 0.2) is 91.0 Å². The summed E-state index contributed by atoms with van der Waals surface area (Å²) in [6.45, 7) is 0.982. The maximum atomic E-state index is 12.4. The van der Waals surface area contributed by atoms with Crippen LogP contribution in [0, 0.1) is 0 Å². The number of carbonyl (C=O) groups excluding carboxylic acids is 1. The lowest BCUT2D eigenvalue weighted by molar-refractivity contribution is -0.121. The van der Waals surface area contributed by atoms with Crippen LogP contribution in [0.25, 0.3) is 0 Å². The van der Waals surface area contributed by atoms with E-state index in [-0.39, 0.29) is 11.9 Å². The zero-order valence-corrected chi connectivity index (χ0v) is 14.8. The summed E-state index contributed by atoms with van der Waals surface area (Å²) in [4.78, 5) is 12.4. The summed E-state index contributed by atoms with van der Waals surface area (Å²) >= 11 is 0. The first kappa shape index (κ1) is 17.9. The second kappa shape index (κ2) is 9.54. The fourth-order valence-electron chi connectivity index (χ4n) is 2.95. The van der Waals surface area contributed by atoms with E-state index in [9.17, 15) is 4.79 Å². The molecule has 0 heterocycles. The first-order valence-electron chi connectivity index (χ1n) is 8.94. The Morgan fingerprint density at radius 1 is 0.731 bits per heavy atom. The van der Waals surface area contributed by atoms with Crippen LogP contribution in [0.5, 0.6) is 0 Å². The Labute approximate surface area is 155 Å². The molecule has 0 aliphatic heterocycles. The van der Waals surface area contributed by atoms with Crippen LogP contribution >= 0.6 is 0 Å². The summed E-state index contributed by atoms with van der Waals surface area (Å²) in [6, 6.07) is 30.4. The van der Waals surface area contributed by atoms with Gasteiger partial charge in [-0.3, -0.25) is 4.79 Å². The Morgan fingerprint density at radius 2 is 1.27 bits per heavy atom. The van der Waals surface area contributed by atoms with Crippen LogP contribution in [0.1, 0.15) is 22.7 Å². The molecule has 3 aromatic rings. The summed E-state index contributed by atoms with van der Waals surface area (Å²) in [5.74, 6) is 0.00529. The normalized spacial score (nSPS) is 11.7. The van der Waals surface area contributed by atoms with Crippen LogP contribution in [0.4, 0.5) is 0 Å². The molecule has 132 valence electrons. The number of nitrogens with one attached hydrogen (secondary N) is 2. The predicted octanol–water partition coefficient (Wildman–Crippen LogP) is 3.88. The van der Waals surface area contributed by atoms with Crippen LogP contribution in [0.2, 0.25) is 0 Å². The summed E-state index contributed by atoms with van der Waals surface area (Å²) in [6.07, 6.45) is 0.773. The molecule has 3 heteroatoms. The third kappa shape index (κ3) is 5.57. The van der Waals surface area contributed by atoms with Gasteiger partial charge in [0.25, 0.3) is 0 Å². The smallest absolute Gasteiger partial charge is 0.234 e. The summed E-state index contributed by atoms with van der Waals surface area (Å²) in [5, 5.41) is 6.38. The molecule has 0 fully saturated rings. The van der Waals surface area contributed by atoms with Crippen molar-refractivity contribution < 1.29 is 4.79 Å². The maximum absolute atomic E-state index is 12.4. The van der Waals surface area contributed by atoms with Gasteiger partial charge in [0.1, 0.15) is 0 Å². The van der Waals surface area contributed by atoms with Gasteiger partial charge in [-0.05, 0) is 23.1 Å². The van der Waals surface area contributed by atoms with Crippen molar-refractivity contribution in [3.8, 4) is 0 Å². The minimum atomic E-state index is -0.0374. The summed E-state index contributed by atoms with van der Waals surface area (Å²) in [7, 11) is 0. The van der Waals surface area contributed by atoms with Crippen molar-refractivity contribution in [1.82, 2.24) is 10.6 Å². The molecule has 3 rings (SSSR count). The van der Waals surface area contributed by atoms with Crippen molar-refractivity contribution in [2.45, 2.75) is 19.0 Å². The molecule has 0 spiro atoms. The molecule has 0 bridgehead atoms. The van der Waals surface area contributed by atoms with Crippen LogP contribution in [0.3, 0.4) is 0 Å². The second-order valence-corrected chi connectivity index (χ2v) is 6.31. The van der Waals surface area contributed by atoms with Crippen LogP contribution in [-0.4, -0.2) is 12.5 Å². The number of amides is 1. The third-order valence-electron chi connectivity index (χ3n) is 4.28. The van der Waals surface area contributed by atoms with E-state index < -0.39 is 0 Å². The van der Waals surface area contributed by atoms with Gasteiger partial charge in [-0.2, -0.15) is 0 Å². The Morgan fingerprint density at radius 3 is 1.88 bits per heavy atom. The van der Waals surface area contributed by atoms with E-state index in [1.165, 1.54) is 11.1 Å². The standard InChI is InChI=1S/C23H24N2O/c26-23(18-24-17-20-12-6-2-7-13-20)25-22(21-14-8-3-9-15-21)16-19-10-4-1-5-11-19/h1-15,22,24H,16-18H2,(H,25,26). The van der Waals surface area contributed by atoms with Crippen molar-refractivity contribution in [2.24, 2.45) is 0 Å². The Bertz CT molecular complexity index is 788. The highest BCUT2D eigenvalue weighted by Gasteiger charge is 2.15. The van der Waals surface area contributed by atoms with E-state index in [0.717, 1.165) is 12.0 Å². The molecule has 1 amide bonds. The molecule has 26 heavy (non-hydrogen) atoms. The molecule has 0 aliphatic rings. The largest absolute Gasteiger partial charge is 0.348 e. The fraction of sp³-hybridized carbons (Fsp3) is 0.174. The molecule has 1 unspecified atom stereocenters. The molecule has 0 saturated heterocycles. The minimum absolute atomic E-state index is 0.00529. The van der Waals surface area contributed by atoms with Gasteiger partial charge in [-0.15, -0.1) is 0 Å². The molecule has 3 aromatic carbocycles. The molecule has 3 nitrogen and oxygen atoms in total. The van der Waals surface area contributed by atoms with Gasteiger partial charge in [-0.25, -0.2) is 0 Å². The zero-order chi connectivity index (χ0) is 18.0. The molecular weight excluding hydrogens is 320 g/mol. The molecule has 0 saturated carbocycles. The maximum Gasteiger partial charge on any atom is 0.234 e. The lowest BCUT2D eigenvalue weighted by Crippen LogP contribution is -2.37. The average Bonchev–Trinajstić information content (AvgIpc) is 2.70. The minimum Gasteiger partial charge on any atom is -0.348 e. The van der Waals surface area contributed by atoms with Crippen LogP contribution < -0.4 is 10.6 Å². The SMILES string of the molecule is O=C(CNCc1ccccc1)NC(Cc1ccccc1)c1ccccc1. The van der Waals surface area contributed by atoms with Gasteiger partial charge >= 0.3 is 0 Å². The lowest BCUT2D eigenvalue weighted by Gasteiger charge is -2.20. The number of benzene rings is 3. The molecule has 0 radical (unpaired) electrons. The van der Waals surface area contributed by atoms with Gasteiger partial charge in [-0.1, -0.05) is 91.0 Å². The van der Waals surface area contributed by atoms with Crippen molar-refractivity contribution in [1.29, 1.82) is 0 Å². The zero-order valence-electron chi connectivity index (χ0n) is 14.8. The number of rotatable bonds is 8. The highest BCUT2D eigenvalue weighted by Crippen LogP contribution is 2.18. The Kier molecular flexibility index (Phi) is 6.57. The van der Waals surface area contributed by atoms with Gasteiger partial charge in [0.05, 0.1) is 12.6 Å². The quantitative estimate of drug-likeness (QED) is 0.651. The molecule has 0 aliphatic carbocycles. The average molecular weight is 344 g/mol. The first-order valence-corrected chi connectivity index (χ1v) is 8.94. The monoisotopic (exact) mass is 344 g/mol. The molecular formula is C23H24N2O. The van der Waals surface area contributed by atoms with Crippen LogP contribution in [-0.2, 0) is 17.8 Å². The van der Waals surface area contributed by atoms with E-state index >= 15 is 0 Å². The highest BCUT2D eigenvalue weighted by molar-refractivity contribution is 5.78. The topological polar surface area (TPSA) is 41.1 Å². The summed E-state index contributed by atoms with van der Waals surface area (Å²) in [5.41, 5.74) is 3.50. The summed E-state index contributed by atoms with van der Waals surface area (Å²) < 4.78 is 0. The van der Waals surface area contributed by atoms with E-state index in [0.29, 0.717) is 13.1 Å².